The SMILES string of the molecule is CCc1cc(CC(=O)C2CCCCC2(C)C)n(CC)n1. The van der Waals surface area contributed by atoms with Crippen molar-refractivity contribution in [2.24, 2.45) is 11.3 Å². The molecule has 1 unspecified atom stereocenters. The highest BCUT2D eigenvalue weighted by Gasteiger charge is 2.36. The van der Waals surface area contributed by atoms with Crippen LogP contribution in [0.15, 0.2) is 6.07 Å². The fourth-order valence-corrected chi connectivity index (χ4v) is 3.50. The lowest BCUT2D eigenvalue weighted by atomic mass is 9.66. The van der Waals surface area contributed by atoms with Crippen LogP contribution in [0.25, 0.3) is 0 Å². The molecule has 3 nitrogen and oxygen atoms in total. The standard InChI is InChI=1S/C17H28N2O/c1-5-13-11-14(19(6-2)18-13)12-16(20)15-9-7-8-10-17(15,3)4/h11,15H,5-10,12H2,1-4H3. The normalized spacial score (nSPS) is 21.9. The van der Waals surface area contributed by atoms with Crippen molar-refractivity contribution in [3.05, 3.63) is 17.5 Å². The van der Waals surface area contributed by atoms with Gasteiger partial charge in [0.25, 0.3) is 0 Å². The predicted octanol–water partition coefficient (Wildman–Crippen LogP) is 3.79. The van der Waals surface area contributed by atoms with E-state index in [-0.39, 0.29) is 11.3 Å². The third-order valence-electron chi connectivity index (χ3n) is 4.83. The molecular weight excluding hydrogens is 248 g/mol. The molecule has 1 aliphatic rings. The zero-order valence-corrected chi connectivity index (χ0v) is 13.4. The smallest absolute Gasteiger partial charge is 0.142 e. The number of ketones is 1. The Morgan fingerprint density at radius 3 is 2.75 bits per heavy atom. The van der Waals surface area contributed by atoms with Crippen LogP contribution in [0.4, 0.5) is 0 Å². The highest BCUT2D eigenvalue weighted by Crippen LogP contribution is 2.41. The zero-order valence-electron chi connectivity index (χ0n) is 13.4. The number of aromatic nitrogens is 2. The first-order valence-corrected chi connectivity index (χ1v) is 8.06. The van der Waals surface area contributed by atoms with E-state index in [1.165, 1.54) is 19.3 Å². The molecule has 1 aliphatic carbocycles. The molecule has 0 aromatic carbocycles. The molecular formula is C17H28N2O. The number of hydrogen-bond donors (Lipinski definition) is 0. The molecule has 3 heteroatoms. The second kappa shape index (κ2) is 6.11. The third kappa shape index (κ3) is 3.13. The quantitative estimate of drug-likeness (QED) is 0.820. The van der Waals surface area contributed by atoms with Gasteiger partial charge in [0, 0.05) is 24.6 Å². The molecule has 112 valence electrons. The minimum atomic E-state index is 0.167. The van der Waals surface area contributed by atoms with Gasteiger partial charge in [0.2, 0.25) is 0 Å². The molecule has 1 fully saturated rings. The first-order chi connectivity index (χ1) is 9.47. The van der Waals surface area contributed by atoms with E-state index in [9.17, 15) is 4.79 Å². The lowest BCUT2D eigenvalue weighted by Gasteiger charge is -2.37. The Hall–Kier alpha value is -1.12. The monoisotopic (exact) mass is 276 g/mol. The summed E-state index contributed by atoms with van der Waals surface area (Å²) in [5.74, 6) is 0.633. The lowest BCUT2D eigenvalue weighted by Crippen LogP contribution is -2.35. The van der Waals surface area contributed by atoms with E-state index >= 15 is 0 Å². The summed E-state index contributed by atoms with van der Waals surface area (Å²) in [4.78, 5) is 12.7. The summed E-state index contributed by atoms with van der Waals surface area (Å²) in [6.45, 7) is 9.55. The molecule has 0 bridgehead atoms. The summed E-state index contributed by atoms with van der Waals surface area (Å²) in [7, 11) is 0. The molecule has 1 saturated carbocycles. The Labute approximate surface area is 122 Å². The van der Waals surface area contributed by atoms with Gasteiger partial charge in [-0.1, -0.05) is 33.6 Å². The van der Waals surface area contributed by atoms with Crippen molar-refractivity contribution in [2.75, 3.05) is 0 Å². The molecule has 2 rings (SSSR count). The molecule has 0 spiro atoms. The highest BCUT2D eigenvalue weighted by molar-refractivity contribution is 5.83. The summed E-state index contributed by atoms with van der Waals surface area (Å²) in [6.07, 6.45) is 6.19. The maximum atomic E-state index is 12.7. The molecule has 1 heterocycles. The molecule has 1 aromatic heterocycles. The molecule has 0 N–H and O–H groups in total. The van der Waals surface area contributed by atoms with Crippen LogP contribution in [0.3, 0.4) is 0 Å². The molecule has 0 radical (unpaired) electrons. The van der Waals surface area contributed by atoms with Gasteiger partial charge >= 0.3 is 0 Å². The second-order valence-electron chi connectivity index (χ2n) is 6.73. The van der Waals surface area contributed by atoms with E-state index in [0.29, 0.717) is 12.2 Å². The molecule has 1 atom stereocenters. The number of carbonyl (C=O) groups is 1. The van der Waals surface area contributed by atoms with Gasteiger partial charge in [-0.05, 0) is 37.7 Å². The second-order valence-corrected chi connectivity index (χ2v) is 6.73. The van der Waals surface area contributed by atoms with Gasteiger partial charge in [-0.25, -0.2) is 0 Å². The van der Waals surface area contributed by atoms with Crippen LogP contribution in [0, 0.1) is 11.3 Å². The average molecular weight is 276 g/mol. The Morgan fingerprint density at radius 1 is 1.40 bits per heavy atom. The number of carbonyl (C=O) groups excluding carboxylic acids is 1. The van der Waals surface area contributed by atoms with Crippen LogP contribution < -0.4 is 0 Å². The van der Waals surface area contributed by atoms with Gasteiger partial charge in [-0.2, -0.15) is 5.10 Å². The van der Waals surface area contributed by atoms with E-state index < -0.39 is 0 Å². The minimum absolute atomic E-state index is 0.167. The molecule has 0 amide bonds. The Balaban J connectivity index is 2.12. The van der Waals surface area contributed by atoms with Crippen LogP contribution >= 0.6 is 0 Å². The minimum Gasteiger partial charge on any atom is -0.299 e. The number of Topliss-reactive ketones (excluding diaryl/α,β-unsaturated/α-hetero) is 1. The maximum Gasteiger partial charge on any atom is 0.142 e. The van der Waals surface area contributed by atoms with Gasteiger partial charge in [0.05, 0.1) is 5.69 Å². The summed E-state index contributed by atoms with van der Waals surface area (Å²) < 4.78 is 1.99. The van der Waals surface area contributed by atoms with Gasteiger partial charge in [0.15, 0.2) is 0 Å². The maximum absolute atomic E-state index is 12.7. The van der Waals surface area contributed by atoms with Crippen LogP contribution in [0.2, 0.25) is 0 Å². The Kier molecular flexibility index (Phi) is 4.66. The van der Waals surface area contributed by atoms with E-state index in [0.717, 1.165) is 30.8 Å². The first kappa shape index (κ1) is 15.3. The van der Waals surface area contributed by atoms with E-state index in [1.807, 2.05) is 4.68 Å². The Bertz CT molecular complexity index is 473. The summed E-state index contributed by atoms with van der Waals surface area (Å²) >= 11 is 0. The van der Waals surface area contributed by atoms with Crippen molar-refractivity contribution in [3.63, 3.8) is 0 Å². The van der Waals surface area contributed by atoms with Crippen molar-refractivity contribution < 1.29 is 4.79 Å². The number of hydrogen-bond acceptors (Lipinski definition) is 2. The molecule has 0 saturated heterocycles. The summed E-state index contributed by atoms with van der Waals surface area (Å²) in [6, 6.07) is 2.11. The topological polar surface area (TPSA) is 34.9 Å². The van der Waals surface area contributed by atoms with Crippen molar-refractivity contribution in [1.29, 1.82) is 0 Å². The van der Waals surface area contributed by atoms with Gasteiger partial charge in [-0.15, -0.1) is 0 Å². The average Bonchev–Trinajstić information content (AvgIpc) is 2.80. The predicted molar refractivity (Wildman–Crippen MR) is 81.7 cm³/mol. The summed E-state index contributed by atoms with van der Waals surface area (Å²) in [5.41, 5.74) is 2.35. The third-order valence-corrected chi connectivity index (χ3v) is 4.83. The van der Waals surface area contributed by atoms with Crippen LogP contribution in [-0.4, -0.2) is 15.6 Å². The fraction of sp³-hybridized carbons (Fsp3) is 0.765. The van der Waals surface area contributed by atoms with Gasteiger partial charge in [-0.3, -0.25) is 9.48 Å². The van der Waals surface area contributed by atoms with Crippen LogP contribution in [-0.2, 0) is 24.2 Å². The van der Waals surface area contributed by atoms with Crippen molar-refractivity contribution in [1.82, 2.24) is 9.78 Å². The van der Waals surface area contributed by atoms with Gasteiger partial charge in [0.1, 0.15) is 5.78 Å². The number of aryl methyl sites for hydroxylation is 2. The van der Waals surface area contributed by atoms with Crippen LogP contribution in [0.1, 0.15) is 64.8 Å². The molecule has 1 aromatic rings. The van der Waals surface area contributed by atoms with Crippen molar-refractivity contribution in [2.45, 2.75) is 72.8 Å². The van der Waals surface area contributed by atoms with E-state index in [4.69, 9.17) is 0 Å². The van der Waals surface area contributed by atoms with Gasteiger partial charge < -0.3 is 0 Å². The largest absolute Gasteiger partial charge is 0.299 e. The highest BCUT2D eigenvalue weighted by atomic mass is 16.1. The van der Waals surface area contributed by atoms with Crippen molar-refractivity contribution >= 4 is 5.78 Å². The Morgan fingerprint density at radius 2 is 2.15 bits per heavy atom. The lowest BCUT2D eigenvalue weighted by molar-refractivity contribution is -0.127. The number of nitrogens with zero attached hydrogens (tertiary/aromatic N) is 2. The van der Waals surface area contributed by atoms with E-state index in [2.05, 4.69) is 38.9 Å². The molecule has 20 heavy (non-hydrogen) atoms. The number of rotatable bonds is 5. The fourth-order valence-electron chi connectivity index (χ4n) is 3.50. The zero-order chi connectivity index (χ0) is 14.8. The summed E-state index contributed by atoms with van der Waals surface area (Å²) in [5, 5.41) is 4.55. The molecule has 0 aliphatic heterocycles. The van der Waals surface area contributed by atoms with E-state index in [1.54, 1.807) is 0 Å². The van der Waals surface area contributed by atoms with Crippen LogP contribution in [0.5, 0.6) is 0 Å². The first-order valence-electron chi connectivity index (χ1n) is 8.06. The van der Waals surface area contributed by atoms with Crippen molar-refractivity contribution in [3.8, 4) is 0 Å².